The van der Waals surface area contributed by atoms with Crippen LogP contribution >= 0.6 is 0 Å². The van der Waals surface area contributed by atoms with E-state index >= 15 is 0 Å². The Bertz CT molecular complexity index is 1200. The number of halogens is 3. The molecule has 0 amide bonds. The van der Waals surface area contributed by atoms with E-state index in [4.69, 9.17) is 30.1 Å². The molecule has 2 radical (unpaired) electrons. The molecular weight excluding hydrogens is 458 g/mol. The van der Waals surface area contributed by atoms with Gasteiger partial charge in [-0.15, -0.1) is 0 Å². The van der Waals surface area contributed by atoms with E-state index < -0.39 is 52.2 Å². The normalized spacial score (nSPS) is 15.6. The molecule has 2 rings (SSSR count). The number of allylic oxidation sites excluding steroid dienone is 2. The van der Waals surface area contributed by atoms with Gasteiger partial charge in [0.1, 0.15) is 19.0 Å². The Labute approximate surface area is 192 Å². The molecular formula is C20H23BF3N5O5. The molecule has 1 unspecified atom stereocenters. The Balaban J connectivity index is 3.17. The maximum atomic E-state index is 13.4. The SMILES string of the molecule is [B]C(O)(c1cc2c(C(C)=N)c(N)ccc2nc1C(C=N)=C(N)C(F)(F)F)C(O)(O)C(O)(O)CC. The van der Waals surface area contributed by atoms with Crippen molar-refractivity contribution in [2.24, 2.45) is 5.73 Å². The molecule has 11 N–H and O–H groups in total. The lowest BCUT2D eigenvalue weighted by molar-refractivity contribution is -0.397. The number of nitrogen functional groups attached to an aromatic ring is 1. The average Bonchev–Trinajstić information content (AvgIpc) is 2.72. The summed E-state index contributed by atoms with van der Waals surface area (Å²) in [7, 11) is 5.73. The van der Waals surface area contributed by atoms with Crippen molar-refractivity contribution in [3.63, 3.8) is 0 Å². The van der Waals surface area contributed by atoms with Crippen LogP contribution in [0.5, 0.6) is 0 Å². The molecule has 1 atom stereocenters. The average molecular weight is 481 g/mol. The Hall–Kier alpha value is -3.04. The van der Waals surface area contributed by atoms with Gasteiger partial charge in [-0.3, -0.25) is 0 Å². The molecule has 1 aromatic carbocycles. The Morgan fingerprint density at radius 3 is 2.18 bits per heavy atom. The molecule has 182 valence electrons. The molecule has 0 saturated heterocycles. The number of fused-ring (bicyclic) bond motifs is 1. The molecule has 1 heterocycles. The highest BCUT2D eigenvalue weighted by atomic mass is 19.4. The Kier molecular flexibility index (Phi) is 6.91. The summed E-state index contributed by atoms with van der Waals surface area (Å²) in [5.41, 5.74) is 2.58. The van der Waals surface area contributed by atoms with Crippen molar-refractivity contribution in [2.45, 2.75) is 43.5 Å². The van der Waals surface area contributed by atoms with Gasteiger partial charge in [0, 0.05) is 46.1 Å². The minimum absolute atomic E-state index is 0.0361. The standard InChI is InChI=1S/C20H23BF3N5O5/c1-3-17(30,31)20(33,34)18(21,32)11-6-9-13(5-4-12(27)14(9)8(2)26)29-15(11)10(7-25)16(28)19(22,23)24/h4-7,25-26,30-34H,3,27-28H2,1-2H3. The highest BCUT2D eigenvalue weighted by Crippen LogP contribution is 2.42. The smallest absolute Gasteiger partial charge is 0.398 e. The predicted molar refractivity (Wildman–Crippen MR) is 119 cm³/mol. The maximum Gasteiger partial charge on any atom is 0.431 e. The number of aromatic nitrogens is 1. The number of nitrogens with zero attached hydrogens (tertiary/aromatic N) is 1. The molecule has 0 aliphatic heterocycles. The molecule has 2 aromatic rings. The highest BCUT2D eigenvalue weighted by molar-refractivity contribution is 6.19. The first-order valence-electron chi connectivity index (χ1n) is 9.62. The first-order valence-corrected chi connectivity index (χ1v) is 9.62. The van der Waals surface area contributed by atoms with Crippen LogP contribution in [0.15, 0.2) is 23.9 Å². The summed E-state index contributed by atoms with van der Waals surface area (Å²) >= 11 is 0. The van der Waals surface area contributed by atoms with Crippen LogP contribution in [-0.2, 0) is 5.50 Å². The summed E-state index contributed by atoms with van der Waals surface area (Å²) in [6.45, 7) is 2.43. The number of alkyl halides is 3. The van der Waals surface area contributed by atoms with Crippen LogP contribution in [0.2, 0.25) is 0 Å². The Morgan fingerprint density at radius 2 is 1.74 bits per heavy atom. The van der Waals surface area contributed by atoms with Gasteiger partial charge in [-0.1, -0.05) is 6.92 Å². The van der Waals surface area contributed by atoms with Crippen LogP contribution in [0.4, 0.5) is 18.9 Å². The number of aliphatic hydroxyl groups is 5. The molecule has 34 heavy (non-hydrogen) atoms. The van der Waals surface area contributed by atoms with Crippen LogP contribution in [-0.4, -0.2) is 68.0 Å². The number of hydrogen-bond acceptors (Lipinski definition) is 10. The zero-order valence-corrected chi connectivity index (χ0v) is 18.1. The van der Waals surface area contributed by atoms with Crippen LogP contribution in [0.1, 0.15) is 37.1 Å². The van der Waals surface area contributed by atoms with Gasteiger partial charge in [-0.25, -0.2) is 4.98 Å². The fourth-order valence-electron chi connectivity index (χ4n) is 3.34. The molecule has 1 aromatic heterocycles. The van der Waals surface area contributed by atoms with Crippen LogP contribution in [0, 0.1) is 10.8 Å². The molecule has 0 saturated carbocycles. The van der Waals surface area contributed by atoms with Gasteiger partial charge < -0.3 is 47.8 Å². The number of rotatable bonds is 7. The zero-order chi connectivity index (χ0) is 26.4. The summed E-state index contributed by atoms with van der Waals surface area (Å²) in [5.74, 6) is -7.43. The minimum Gasteiger partial charge on any atom is -0.398 e. The van der Waals surface area contributed by atoms with E-state index in [1.54, 1.807) is 0 Å². The minimum atomic E-state index is -5.16. The van der Waals surface area contributed by atoms with Crippen molar-refractivity contribution >= 4 is 41.9 Å². The second-order valence-corrected chi connectivity index (χ2v) is 7.68. The number of pyridine rings is 1. The first-order chi connectivity index (χ1) is 15.3. The molecule has 0 bridgehead atoms. The topological polar surface area (TPSA) is 214 Å². The summed E-state index contributed by atoms with van der Waals surface area (Å²) in [5, 5.41) is 67.4. The van der Waals surface area contributed by atoms with Gasteiger partial charge in [-0.05, 0) is 25.1 Å². The van der Waals surface area contributed by atoms with E-state index in [0.29, 0.717) is 0 Å². The van der Waals surface area contributed by atoms with Crippen molar-refractivity contribution in [2.75, 3.05) is 5.73 Å². The third-order valence-corrected chi connectivity index (χ3v) is 5.39. The zero-order valence-electron chi connectivity index (χ0n) is 18.1. The summed E-state index contributed by atoms with van der Waals surface area (Å²) in [4.78, 5) is 3.99. The van der Waals surface area contributed by atoms with Crippen molar-refractivity contribution in [3.05, 3.63) is 40.7 Å². The lowest BCUT2D eigenvalue weighted by Gasteiger charge is -2.45. The van der Waals surface area contributed by atoms with Gasteiger partial charge in [-0.2, -0.15) is 13.2 Å². The number of anilines is 1. The van der Waals surface area contributed by atoms with Gasteiger partial charge in [0.25, 0.3) is 0 Å². The molecule has 0 aliphatic rings. The molecule has 14 heteroatoms. The third kappa shape index (κ3) is 4.25. The molecule has 10 nitrogen and oxygen atoms in total. The summed E-state index contributed by atoms with van der Waals surface area (Å²) in [6, 6.07) is 3.44. The fourth-order valence-corrected chi connectivity index (χ4v) is 3.34. The molecule has 0 aliphatic carbocycles. The molecule has 0 fully saturated rings. The maximum absolute atomic E-state index is 13.4. The summed E-state index contributed by atoms with van der Waals surface area (Å²) < 4.78 is 40.2. The fraction of sp³-hybridized carbons (Fsp3) is 0.350. The Morgan fingerprint density at radius 1 is 1.18 bits per heavy atom. The van der Waals surface area contributed by atoms with E-state index in [-0.39, 0.29) is 34.1 Å². The number of nitrogens with two attached hydrogens (primary N) is 2. The second-order valence-electron chi connectivity index (χ2n) is 7.68. The predicted octanol–water partition coefficient (Wildman–Crippen LogP) is 0.172. The van der Waals surface area contributed by atoms with E-state index in [1.165, 1.54) is 19.1 Å². The van der Waals surface area contributed by atoms with Crippen LogP contribution in [0.25, 0.3) is 16.5 Å². The highest BCUT2D eigenvalue weighted by Gasteiger charge is 2.59. The van der Waals surface area contributed by atoms with Crippen molar-refractivity contribution in [1.82, 2.24) is 4.98 Å². The molecule has 0 spiro atoms. The van der Waals surface area contributed by atoms with E-state index in [9.17, 15) is 38.7 Å². The van der Waals surface area contributed by atoms with Gasteiger partial charge in [0.15, 0.2) is 0 Å². The monoisotopic (exact) mass is 481 g/mol. The number of benzene rings is 1. The lowest BCUT2D eigenvalue weighted by Crippen LogP contribution is -2.66. The number of nitrogens with one attached hydrogen (secondary N) is 2. The van der Waals surface area contributed by atoms with Crippen LogP contribution < -0.4 is 11.5 Å². The van der Waals surface area contributed by atoms with Crippen molar-refractivity contribution in [3.8, 4) is 0 Å². The quantitative estimate of drug-likeness (QED) is 0.115. The van der Waals surface area contributed by atoms with Crippen molar-refractivity contribution < 1.29 is 38.7 Å². The van der Waals surface area contributed by atoms with Gasteiger partial charge >= 0.3 is 6.18 Å². The van der Waals surface area contributed by atoms with Gasteiger partial charge in [0.2, 0.25) is 11.6 Å². The first kappa shape index (κ1) is 27.2. The third-order valence-electron chi connectivity index (χ3n) is 5.39. The largest absolute Gasteiger partial charge is 0.431 e. The van der Waals surface area contributed by atoms with Crippen molar-refractivity contribution in [1.29, 1.82) is 10.8 Å². The summed E-state index contributed by atoms with van der Waals surface area (Å²) in [6.07, 6.45) is -5.79. The number of hydrogen-bond donors (Lipinski definition) is 9. The lowest BCUT2D eigenvalue weighted by atomic mass is 9.65. The van der Waals surface area contributed by atoms with Gasteiger partial charge in [0.05, 0.1) is 11.2 Å². The van der Waals surface area contributed by atoms with Crippen LogP contribution in [0.3, 0.4) is 0 Å². The second kappa shape index (κ2) is 8.63. The van der Waals surface area contributed by atoms with E-state index in [1.807, 2.05) is 0 Å². The van der Waals surface area contributed by atoms with E-state index in [0.717, 1.165) is 13.0 Å². The van der Waals surface area contributed by atoms with E-state index in [2.05, 4.69) is 4.98 Å².